The number of hydrogen-bond donors (Lipinski definition) is 1. The molecule has 2 fully saturated rings. The van der Waals surface area contributed by atoms with Crippen molar-refractivity contribution in [2.24, 2.45) is 5.92 Å². The van der Waals surface area contributed by atoms with E-state index in [1.807, 2.05) is 35.4 Å². The Labute approximate surface area is 169 Å². The van der Waals surface area contributed by atoms with Crippen molar-refractivity contribution in [1.29, 1.82) is 0 Å². The molecule has 1 saturated carbocycles. The fourth-order valence-corrected chi connectivity index (χ4v) is 4.21. The molecule has 2 aliphatic rings. The standard InChI is InChI=1S/C19H19Cl2N3O.ClH/c20-13-3-4-14(17(21)8-13)15-9-16(15)19(25)24-7-6-23-11-18(24)12-2-1-5-22-10-12;/h1-5,8,10,15-16,18,23H,6-7,9,11H2;1H. The molecular weight excluding hydrogens is 393 g/mol. The first-order valence-electron chi connectivity index (χ1n) is 8.51. The molecule has 7 heteroatoms. The highest BCUT2D eigenvalue weighted by Crippen LogP contribution is 2.51. The molecule has 0 spiro atoms. The number of nitrogens with one attached hydrogen (secondary N) is 1. The number of carbonyl (C=O) groups excluding carboxylic acids is 1. The number of pyridine rings is 1. The molecule has 1 aromatic heterocycles. The lowest BCUT2D eigenvalue weighted by Gasteiger charge is -2.36. The third-order valence-corrected chi connectivity index (χ3v) is 5.63. The fraction of sp³-hybridized carbons (Fsp3) is 0.368. The summed E-state index contributed by atoms with van der Waals surface area (Å²) in [5.41, 5.74) is 2.10. The Morgan fingerprint density at radius 3 is 2.85 bits per heavy atom. The van der Waals surface area contributed by atoms with Crippen LogP contribution in [0.15, 0.2) is 42.7 Å². The molecular formula is C19H20Cl3N3O. The first-order valence-corrected chi connectivity index (χ1v) is 9.27. The van der Waals surface area contributed by atoms with Crippen LogP contribution in [-0.4, -0.2) is 35.4 Å². The highest BCUT2D eigenvalue weighted by atomic mass is 35.5. The van der Waals surface area contributed by atoms with Gasteiger partial charge in [-0.25, -0.2) is 0 Å². The lowest BCUT2D eigenvalue weighted by atomic mass is 10.0. The van der Waals surface area contributed by atoms with Crippen LogP contribution >= 0.6 is 35.6 Å². The maximum atomic E-state index is 13.1. The molecule has 0 radical (unpaired) electrons. The zero-order chi connectivity index (χ0) is 17.4. The quantitative estimate of drug-likeness (QED) is 0.826. The second-order valence-electron chi connectivity index (χ2n) is 6.65. The Balaban J connectivity index is 0.00000196. The van der Waals surface area contributed by atoms with Crippen LogP contribution in [0.2, 0.25) is 10.0 Å². The molecule has 26 heavy (non-hydrogen) atoms. The van der Waals surface area contributed by atoms with Gasteiger partial charge in [-0.1, -0.05) is 35.3 Å². The number of nitrogens with zero attached hydrogens (tertiary/aromatic N) is 2. The molecule has 4 nitrogen and oxygen atoms in total. The normalized spacial score (nSPS) is 24.7. The minimum absolute atomic E-state index is 0. The van der Waals surface area contributed by atoms with Crippen LogP contribution in [0.25, 0.3) is 0 Å². The lowest BCUT2D eigenvalue weighted by Crippen LogP contribution is -2.49. The lowest BCUT2D eigenvalue weighted by molar-refractivity contribution is -0.136. The van der Waals surface area contributed by atoms with Crippen molar-refractivity contribution in [1.82, 2.24) is 15.2 Å². The van der Waals surface area contributed by atoms with Gasteiger partial charge in [-0.05, 0) is 41.7 Å². The average molecular weight is 413 g/mol. The van der Waals surface area contributed by atoms with E-state index in [0.717, 1.165) is 37.2 Å². The van der Waals surface area contributed by atoms with Gasteiger partial charge in [0, 0.05) is 48.0 Å². The van der Waals surface area contributed by atoms with E-state index in [-0.39, 0.29) is 36.2 Å². The number of aromatic nitrogens is 1. The number of rotatable bonds is 3. The van der Waals surface area contributed by atoms with Gasteiger partial charge in [-0.3, -0.25) is 9.78 Å². The van der Waals surface area contributed by atoms with Crippen molar-refractivity contribution in [2.45, 2.75) is 18.4 Å². The van der Waals surface area contributed by atoms with Gasteiger partial charge >= 0.3 is 0 Å². The Morgan fingerprint density at radius 2 is 2.12 bits per heavy atom. The second-order valence-corrected chi connectivity index (χ2v) is 7.50. The Hall–Kier alpha value is -1.33. The zero-order valence-corrected chi connectivity index (χ0v) is 16.4. The van der Waals surface area contributed by atoms with Crippen molar-refractivity contribution in [3.63, 3.8) is 0 Å². The second kappa shape index (κ2) is 8.13. The molecule has 1 N–H and O–H groups in total. The Bertz CT molecular complexity index is 787. The summed E-state index contributed by atoms with van der Waals surface area (Å²) in [7, 11) is 0. The maximum absolute atomic E-state index is 13.1. The highest BCUT2D eigenvalue weighted by Gasteiger charge is 2.48. The summed E-state index contributed by atoms with van der Waals surface area (Å²) < 4.78 is 0. The van der Waals surface area contributed by atoms with E-state index in [1.54, 1.807) is 12.3 Å². The van der Waals surface area contributed by atoms with Gasteiger partial charge in [0.05, 0.1) is 6.04 Å². The summed E-state index contributed by atoms with van der Waals surface area (Å²) in [6.45, 7) is 2.30. The number of benzene rings is 1. The van der Waals surface area contributed by atoms with Gasteiger partial charge in [0.1, 0.15) is 0 Å². The monoisotopic (exact) mass is 411 g/mol. The predicted molar refractivity (Wildman–Crippen MR) is 106 cm³/mol. The van der Waals surface area contributed by atoms with Gasteiger partial charge in [0.15, 0.2) is 0 Å². The van der Waals surface area contributed by atoms with Crippen LogP contribution in [0.4, 0.5) is 0 Å². The molecule has 1 amide bonds. The minimum atomic E-state index is 0. The summed E-state index contributed by atoms with van der Waals surface area (Å²) in [5, 5.41) is 4.65. The molecule has 1 aliphatic heterocycles. The number of piperazine rings is 1. The Morgan fingerprint density at radius 1 is 1.27 bits per heavy atom. The third-order valence-electron chi connectivity index (χ3n) is 5.07. The van der Waals surface area contributed by atoms with Crippen molar-refractivity contribution < 1.29 is 4.79 Å². The molecule has 1 aliphatic carbocycles. The SMILES string of the molecule is Cl.O=C(C1CC1c1ccc(Cl)cc1Cl)N1CCNCC1c1cccnc1. The van der Waals surface area contributed by atoms with Gasteiger partial charge in [-0.2, -0.15) is 0 Å². The third kappa shape index (κ3) is 3.84. The largest absolute Gasteiger partial charge is 0.333 e. The van der Waals surface area contributed by atoms with E-state index in [4.69, 9.17) is 23.2 Å². The van der Waals surface area contributed by atoms with Gasteiger partial charge in [-0.15, -0.1) is 12.4 Å². The van der Waals surface area contributed by atoms with Crippen molar-refractivity contribution in [2.75, 3.05) is 19.6 Å². The summed E-state index contributed by atoms with van der Waals surface area (Å²) in [6.07, 6.45) is 4.45. The average Bonchev–Trinajstić information content (AvgIpc) is 3.42. The topological polar surface area (TPSA) is 45.2 Å². The van der Waals surface area contributed by atoms with Gasteiger partial charge < -0.3 is 10.2 Å². The maximum Gasteiger partial charge on any atom is 0.226 e. The minimum Gasteiger partial charge on any atom is -0.333 e. The zero-order valence-electron chi connectivity index (χ0n) is 14.1. The Kier molecular flexibility index (Phi) is 6.08. The van der Waals surface area contributed by atoms with Crippen molar-refractivity contribution in [3.05, 3.63) is 63.9 Å². The number of carbonyl (C=O) groups is 1. The summed E-state index contributed by atoms with van der Waals surface area (Å²) in [5.74, 6) is 0.420. The molecule has 138 valence electrons. The van der Waals surface area contributed by atoms with Crippen LogP contribution in [0.1, 0.15) is 29.5 Å². The number of amides is 1. The first-order chi connectivity index (χ1) is 12.1. The number of hydrogen-bond acceptors (Lipinski definition) is 3. The molecule has 2 aromatic rings. The van der Waals surface area contributed by atoms with Gasteiger partial charge in [0.25, 0.3) is 0 Å². The summed E-state index contributed by atoms with van der Waals surface area (Å²) in [4.78, 5) is 19.3. The fourth-order valence-electron chi connectivity index (χ4n) is 3.67. The first kappa shape index (κ1) is 19.4. The molecule has 1 aromatic carbocycles. The van der Waals surface area contributed by atoms with Crippen LogP contribution in [0.5, 0.6) is 0 Å². The molecule has 3 atom stereocenters. The van der Waals surface area contributed by atoms with E-state index in [1.165, 1.54) is 0 Å². The van der Waals surface area contributed by atoms with E-state index in [0.29, 0.717) is 10.0 Å². The van der Waals surface area contributed by atoms with E-state index in [9.17, 15) is 4.79 Å². The molecule has 3 unspecified atom stereocenters. The van der Waals surface area contributed by atoms with E-state index < -0.39 is 0 Å². The summed E-state index contributed by atoms with van der Waals surface area (Å²) >= 11 is 12.3. The van der Waals surface area contributed by atoms with E-state index in [2.05, 4.69) is 10.3 Å². The van der Waals surface area contributed by atoms with E-state index >= 15 is 0 Å². The van der Waals surface area contributed by atoms with Crippen LogP contribution in [-0.2, 0) is 4.79 Å². The van der Waals surface area contributed by atoms with Crippen LogP contribution < -0.4 is 5.32 Å². The molecule has 4 rings (SSSR count). The summed E-state index contributed by atoms with van der Waals surface area (Å²) in [6, 6.07) is 9.52. The molecule has 2 heterocycles. The molecule has 0 bridgehead atoms. The van der Waals surface area contributed by atoms with Crippen LogP contribution in [0.3, 0.4) is 0 Å². The number of halogens is 3. The van der Waals surface area contributed by atoms with Crippen LogP contribution in [0, 0.1) is 5.92 Å². The molecule has 1 saturated heterocycles. The van der Waals surface area contributed by atoms with Gasteiger partial charge in [0.2, 0.25) is 5.91 Å². The smallest absolute Gasteiger partial charge is 0.226 e. The van der Waals surface area contributed by atoms with Crippen molar-refractivity contribution >= 4 is 41.5 Å². The van der Waals surface area contributed by atoms with Crippen molar-refractivity contribution in [3.8, 4) is 0 Å². The highest BCUT2D eigenvalue weighted by molar-refractivity contribution is 6.35. The predicted octanol–water partition coefficient (Wildman–Crippen LogP) is 4.09.